The molecular weight excluding hydrogens is 474 g/mol. The lowest BCUT2D eigenvalue weighted by molar-refractivity contribution is -0.138. The number of para-hydroxylation sites is 1. The van der Waals surface area contributed by atoms with Crippen LogP contribution in [0.3, 0.4) is 0 Å². The fraction of sp³-hybridized carbons (Fsp3) is 0.281. The summed E-state index contributed by atoms with van der Waals surface area (Å²) in [7, 11) is 0. The molecule has 1 aliphatic heterocycles. The number of benzene rings is 3. The molecule has 2 atom stereocenters. The number of carbonyl (C=O) groups is 2. The normalized spacial score (nSPS) is 17.0. The predicted octanol–water partition coefficient (Wildman–Crippen LogP) is 5.94. The van der Waals surface area contributed by atoms with Crippen molar-refractivity contribution in [1.29, 1.82) is 0 Å². The van der Waals surface area contributed by atoms with Crippen LogP contribution < -0.4 is 5.32 Å². The lowest BCUT2D eigenvalue weighted by atomic mass is 9.99. The minimum Gasteiger partial charge on any atom is -0.480 e. The highest BCUT2D eigenvalue weighted by molar-refractivity contribution is 6.17. The summed E-state index contributed by atoms with van der Waals surface area (Å²) in [6, 6.07) is 26.1. The van der Waals surface area contributed by atoms with E-state index in [4.69, 9.17) is 4.99 Å². The number of hydrogen-bond donors (Lipinski definition) is 2. The molecule has 0 aliphatic carbocycles. The zero-order valence-electron chi connectivity index (χ0n) is 21.8. The molecular formula is C32H35N3O3. The molecule has 0 saturated carbocycles. The van der Waals surface area contributed by atoms with Crippen LogP contribution in [-0.4, -0.2) is 46.2 Å². The van der Waals surface area contributed by atoms with E-state index in [0.29, 0.717) is 23.4 Å². The van der Waals surface area contributed by atoms with Crippen molar-refractivity contribution in [2.45, 2.75) is 51.2 Å². The second-order valence-corrected chi connectivity index (χ2v) is 9.46. The van der Waals surface area contributed by atoms with Gasteiger partial charge >= 0.3 is 5.97 Å². The predicted molar refractivity (Wildman–Crippen MR) is 152 cm³/mol. The molecule has 0 bridgehead atoms. The van der Waals surface area contributed by atoms with Crippen molar-refractivity contribution < 1.29 is 14.7 Å². The minimum absolute atomic E-state index is 0.0565. The number of rotatable bonds is 11. The van der Waals surface area contributed by atoms with E-state index in [1.165, 1.54) is 5.56 Å². The van der Waals surface area contributed by atoms with Crippen LogP contribution in [0.4, 0.5) is 5.69 Å². The van der Waals surface area contributed by atoms with Crippen LogP contribution in [0.25, 0.3) is 0 Å². The highest BCUT2D eigenvalue weighted by atomic mass is 16.4. The molecule has 0 spiro atoms. The maximum atomic E-state index is 13.5. The molecule has 1 heterocycles. The molecule has 196 valence electrons. The highest BCUT2D eigenvalue weighted by Gasteiger charge is 2.31. The molecule has 3 aromatic carbocycles. The number of allylic oxidation sites excluding steroid dienone is 1. The summed E-state index contributed by atoms with van der Waals surface area (Å²) in [6.45, 7) is 3.61. The number of hydrogen-bond acceptors (Lipinski definition) is 4. The maximum absolute atomic E-state index is 13.5. The van der Waals surface area contributed by atoms with Crippen LogP contribution in [0.15, 0.2) is 102 Å². The lowest BCUT2D eigenvalue weighted by Crippen LogP contribution is -2.39. The first-order chi connectivity index (χ1) is 18.6. The van der Waals surface area contributed by atoms with Gasteiger partial charge in [0.25, 0.3) is 0 Å². The van der Waals surface area contributed by atoms with E-state index in [-0.39, 0.29) is 11.9 Å². The second kappa shape index (κ2) is 13.5. The summed E-state index contributed by atoms with van der Waals surface area (Å²) in [5, 5.41) is 13.1. The van der Waals surface area contributed by atoms with Gasteiger partial charge in [-0.05, 0) is 43.9 Å². The number of anilines is 1. The number of carboxylic acid groups (broad SMARTS) is 1. The van der Waals surface area contributed by atoms with Gasteiger partial charge in [-0.25, -0.2) is 4.79 Å². The topological polar surface area (TPSA) is 82.0 Å². The largest absolute Gasteiger partial charge is 0.480 e. The first-order valence-corrected chi connectivity index (χ1v) is 13.3. The number of likely N-dealkylation sites (tertiary alicyclic amines) is 1. The number of nitrogens with zero attached hydrogens (tertiary/aromatic N) is 2. The van der Waals surface area contributed by atoms with Crippen LogP contribution in [0, 0.1) is 0 Å². The molecule has 1 amide bonds. The third kappa shape index (κ3) is 7.05. The summed E-state index contributed by atoms with van der Waals surface area (Å²) in [5.74, 6) is -1.04. The van der Waals surface area contributed by atoms with Crippen molar-refractivity contribution >= 4 is 23.3 Å². The van der Waals surface area contributed by atoms with Gasteiger partial charge in [0.15, 0.2) is 6.04 Å². The second-order valence-electron chi connectivity index (χ2n) is 9.46. The van der Waals surface area contributed by atoms with Crippen LogP contribution >= 0.6 is 0 Å². The van der Waals surface area contributed by atoms with Gasteiger partial charge in [0.05, 0.1) is 17.4 Å². The molecule has 0 radical (unpaired) electrons. The van der Waals surface area contributed by atoms with E-state index >= 15 is 0 Å². The van der Waals surface area contributed by atoms with Gasteiger partial charge in [-0.3, -0.25) is 14.7 Å². The molecule has 0 aromatic heterocycles. The lowest BCUT2D eigenvalue weighted by Gasteiger charge is -2.24. The first kappa shape index (κ1) is 27.0. The van der Waals surface area contributed by atoms with Gasteiger partial charge in [0, 0.05) is 17.7 Å². The quantitative estimate of drug-likeness (QED) is 0.248. The monoisotopic (exact) mass is 509 g/mol. The van der Waals surface area contributed by atoms with Crippen molar-refractivity contribution in [3.8, 4) is 0 Å². The van der Waals surface area contributed by atoms with Crippen LogP contribution in [0.2, 0.25) is 0 Å². The Balaban J connectivity index is 1.64. The Labute approximate surface area is 224 Å². The Hall–Kier alpha value is -4.03. The number of carboxylic acids is 1. The van der Waals surface area contributed by atoms with Crippen molar-refractivity contribution in [2.75, 3.05) is 11.9 Å². The van der Waals surface area contributed by atoms with E-state index in [1.54, 1.807) is 0 Å². The summed E-state index contributed by atoms with van der Waals surface area (Å²) in [6.07, 6.45) is 6.70. The first-order valence-electron chi connectivity index (χ1n) is 13.3. The molecule has 6 heteroatoms. The van der Waals surface area contributed by atoms with E-state index in [0.717, 1.165) is 37.9 Å². The van der Waals surface area contributed by atoms with Crippen LogP contribution in [0.1, 0.15) is 49.3 Å². The van der Waals surface area contributed by atoms with Gasteiger partial charge in [-0.1, -0.05) is 97.9 Å². The third-order valence-electron chi connectivity index (χ3n) is 6.71. The zero-order chi connectivity index (χ0) is 26.7. The van der Waals surface area contributed by atoms with Gasteiger partial charge in [-0.15, -0.1) is 0 Å². The molecule has 1 saturated heterocycles. The number of nitrogens with one attached hydrogen (secondary N) is 1. The number of aliphatic carboxylic acids is 1. The molecule has 4 rings (SSSR count). The molecule has 1 fully saturated rings. The van der Waals surface area contributed by atoms with Crippen molar-refractivity contribution in [3.63, 3.8) is 0 Å². The van der Waals surface area contributed by atoms with Crippen LogP contribution in [-0.2, 0) is 16.1 Å². The fourth-order valence-corrected chi connectivity index (χ4v) is 4.80. The molecule has 1 unspecified atom stereocenters. The van der Waals surface area contributed by atoms with Gasteiger partial charge < -0.3 is 10.4 Å². The van der Waals surface area contributed by atoms with Gasteiger partial charge in [-0.2, -0.15) is 0 Å². The number of amides is 1. The van der Waals surface area contributed by atoms with E-state index in [2.05, 4.69) is 22.3 Å². The Morgan fingerprint density at radius 3 is 2.39 bits per heavy atom. The SMILES string of the molecule is CC/C=C/CC(N=C(c1ccccc1)c1ccccc1NC(=O)[C@@H]1CCCN1Cc1ccccc1)C(=O)O. The molecule has 3 aromatic rings. The maximum Gasteiger partial charge on any atom is 0.328 e. The molecule has 38 heavy (non-hydrogen) atoms. The van der Waals surface area contributed by atoms with Crippen molar-refractivity contribution in [1.82, 2.24) is 4.90 Å². The zero-order valence-corrected chi connectivity index (χ0v) is 21.8. The Morgan fingerprint density at radius 2 is 1.68 bits per heavy atom. The van der Waals surface area contributed by atoms with Crippen molar-refractivity contribution in [3.05, 3.63) is 114 Å². The van der Waals surface area contributed by atoms with Gasteiger partial charge in [0.2, 0.25) is 5.91 Å². The molecule has 1 aliphatic rings. The smallest absolute Gasteiger partial charge is 0.328 e. The van der Waals surface area contributed by atoms with E-state index < -0.39 is 12.0 Å². The Morgan fingerprint density at radius 1 is 1.00 bits per heavy atom. The minimum atomic E-state index is -0.983. The number of aliphatic imine (C=N–C) groups is 1. The van der Waals surface area contributed by atoms with E-state index in [9.17, 15) is 14.7 Å². The summed E-state index contributed by atoms with van der Waals surface area (Å²) in [4.78, 5) is 32.6. The number of carbonyl (C=O) groups excluding carboxylic acids is 1. The average molecular weight is 510 g/mol. The Kier molecular flexibility index (Phi) is 9.59. The van der Waals surface area contributed by atoms with E-state index in [1.807, 2.05) is 91.9 Å². The Bertz CT molecular complexity index is 1270. The average Bonchev–Trinajstić information content (AvgIpc) is 3.40. The van der Waals surface area contributed by atoms with Gasteiger partial charge in [0.1, 0.15) is 0 Å². The highest BCUT2D eigenvalue weighted by Crippen LogP contribution is 2.25. The molecule has 6 nitrogen and oxygen atoms in total. The summed E-state index contributed by atoms with van der Waals surface area (Å²) >= 11 is 0. The van der Waals surface area contributed by atoms with Crippen LogP contribution in [0.5, 0.6) is 0 Å². The summed E-state index contributed by atoms with van der Waals surface area (Å²) < 4.78 is 0. The fourth-order valence-electron chi connectivity index (χ4n) is 4.80. The standard InChI is InChI=1S/C32H35N3O3/c1-2-3-6-20-28(32(37)38)33-30(25-16-9-5-10-17-25)26-18-11-12-19-27(26)34-31(36)29-21-13-22-35(29)23-24-14-7-4-8-15-24/h3-12,14-19,28-29H,2,13,20-23H2,1H3,(H,34,36)(H,37,38)/b6-3+,33-30?/t28?,29-/m0/s1. The summed E-state index contributed by atoms with van der Waals surface area (Å²) in [5.41, 5.74) is 3.85. The third-order valence-corrected chi connectivity index (χ3v) is 6.71. The van der Waals surface area contributed by atoms with Crippen molar-refractivity contribution in [2.24, 2.45) is 4.99 Å². The molecule has 2 N–H and O–H groups in total.